The number of aromatic nitrogens is 1. The maximum absolute atomic E-state index is 12.9. The van der Waals surface area contributed by atoms with Gasteiger partial charge in [-0.25, -0.2) is 0 Å². The molecule has 1 fully saturated rings. The molecule has 1 saturated heterocycles. The Morgan fingerprint density at radius 2 is 1.58 bits per heavy atom. The molecule has 1 aliphatic heterocycles. The van der Waals surface area contributed by atoms with Crippen LogP contribution in [0.2, 0.25) is 10.0 Å². The number of hydrogen-bond acceptors (Lipinski definition) is 5. The number of primary amides is 1. The van der Waals surface area contributed by atoms with Crippen molar-refractivity contribution in [1.29, 1.82) is 0 Å². The van der Waals surface area contributed by atoms with Gasteiger partial charge in [0, 0.05) is 58.8 Å². The number of ether oxygens (including phenoxy) is 1. The first-order chi connectivity index (χ1) is 21.6. The summed E-state index contributed by atoms with van der Waals surface area (Å²) in [7, 11) is 0. The monoisotopic (exact) mass is 658 g/mol. The molecule has 0 spiro atoms. The molecule has 3 N–H and O–H groups in total. The molecule has 0 radical (unpaired) electrons. The van der Waals surface area contributed by atoms with E-state index in [1.54, 1.807) is 6.20 Å². The molecule has 11 heteroatoms. The second-order valence-corrected chi connectivity index (χ2v) is 12.3. The standard InChI is InChI=1S/C34H35Cl2F3N4O2/c35-25-8-4-22(5-9-25)32(23-6-10-26(36)11-7-23)24-19-28-29(42-27-13-16-43(17-14-27)21-34(37,38)39)12-15-41-33(28)30(20-24)45-18-2-1-3-31(40)44/h4-12,15,19-20,27,32H,1-3,13-14,16-18,21H2,(H2,40,44)(H,41,42). The molecular formula is C34H35Cl2F3N4O2. The van der Waals surface area contributed by atoms with Crippen molar-refractivity contribution in [3.8, 4) is 5.75 Å². The highest BCUT2D eigenvalue weighted by Crippen LogP contribution is 2.40. The molecule has 6 nitrogen and oxygen atoms in total. The van der Waals surface area contributed by atoms with Crippen LogP contribution in [0.4, 0.5) is 18.9 Å². The Labute approximate surface area is 270 Å². The molecule has 45 heavy (non-hydrogen) atoms. The van der Waals surface area contributed by atoms with Gasteiger partial charge < -0.3 is 15.8 Å². The average molecular weight is 660 g/mol. The lowest BCUT2D eigenvalue weighted by Crippen LogP contribution is -2.43. The summed E-state index contributed by atoms with van der Waals surface area (Å²) in [6, 6.07) is 21.4. The summed E-state index contributed by atoms with van der Waals surface area (Å²) in [5.41, 5.74) is 9.79. The summed E-state index contributed by atoms with van der Waals surface area (Å²) in [6.07, 6.45) is 0.201. The van der Waals surface area contributed by atoms with Gasteiger partial charge in [0.1, 0.15) is 11.3 Å². The molecule has 1 amide bonds. The number of fused-ring (bicyclic) bond motifs is 1. The summed E-state index contributed by atoms with van der Waals surface area (Å²) in [5.74, 6) is 0.0517. The number of unbranched alkanes of at least 4 members (excludes halogenated alkanes) is 1. The highest BCUT2D eigenvalue weighted by Gasteiger charge is 2.32. The average Bonchev–Trinajstić information content (AvgIpc) is 2.99. The smallest absolute Gasteiger partial charge is 0.401 e. The van der Waals surface area contributed by atoms with Gasteiger partial charge in [-0.2, -0.15) is 13.2 Å². The quantitative estimate of drug-likeness (QED) is 0.118. The number of hydrogen-bond donors (Lipinski definition) is 2. The van der Waals surface area contributed by atoms with Crippen molar-refractivity contribution in [2.75, 3.05) is 31.6 Å². The number of likely N-dealkylation sites (tertiary alicyclic amines) is 1. The first kappa shape index (κ1) is 32.9. The summed E-state index contributed by atoms with van der Waals surface area (Å²) in [6.45, 7) is 0.203. The normalized spacial score (nSPS) is 14.6. The minimum atomic E-state index is -4.21. The summed E-state index contributed by atoms with van der Waals surface area (Å²) in [4.78, 5) is 17.3. The number of rotatable bonds is 12. The van der Waals surface area contributed by atoms with Crippen LogP contribution in [-0.2, 0) is 4.79 Å². The molecule has 0 atom stereocenters. The third-order valence-corrected chi connectivity index (χ3v) is 8.50. The van der Waals surface area contributed by atoms with E-state index in [0.29, 0.717) is 66.7 Å². The Bertz CT molecular complexity index is 1550. The van der Waals surface area contributed by atoms with Gasteiger partial charge in [-0.1, -0.05) is 47.5 Å². The fourth-order valence-electron chi connectivity index (χ4n) is 5.83. The predicted molar refractivity (Wildman–Crippen MR) is 173 cm³/mol. The van der Waals surface area contributed by atoms with E-state index in [9.17, 15) is 18.0 Å². The van der Waals surface area contributed by atoms with Crippen molar-refractivity contribution in [2.24, 2.45) is 5.73 Å². The van der Waals surface area contributed by atoms with E-state index < -0.39 is 12.7 Å². The fourth-order valence-corrected chi connectivity index (χ4v) is 6.08. The number of pyridine rings is 1. The maximum atomic E-state index is 12.9. The lowest BCUT2D eigenvalue weighted by molar-refractivity contribution is -0.147. The number of carbonyl (C=O) groups excluding carboxylic acids is 1. The van der Waals surface area contributed by atoms with E-state index in [4.69, 9.17) is 33.7 Å². The van der Waals surface area contributed by atoms with Gasteiger partial charge in [0.15, 0.2) is 0 Å². The first-order valence-corrected chi connectivity index (χ1v) is 15.7. The van der Waals surface area contributed by atoms with Crippen LogP contribution >= 0.6 is 23.2 Å². The molecule has 3 aromatic carbocycles. The molecule has 5 rings (SSSR count). The number of carbonyl (C=O) groups is 1. The number of nitrogens with zero attached hydrogens (tertiary/aromatic N) is 2. The van der Waals surface area contributed by atoms with E-state index in [2.05, 4.69) is 16.4 Å². The van der Waals surface area contributed by atoms with Crippen LogP contribution in [0.25, 0.3) is 10.9 Å². The van der Waals surface area contributed by atoms with Crippen LogP contribution in [0.3, 0.4) is 0 Å². The number of nitrogens with two attached hydrogens (primary N) is 1. The molecule has 1 aromatic heterocycles. The van der Waals surface area contributed by atoms with Gasteiger partial charge in [-0.15, -0.1) is 0 Å². The third kappa shape index (κ3) is 9.02. The van der Waals surface area contributed by atoms with E-state index in [1.807, 2.05) is 60.7 Å². The van der Waals surface area contributed by atoms with E-state index in [-0.39, 0.29) is 24.3 Å². The topological polar surface area (TPSA) is 80.5 Å². The highest BCUT2D eigenvalue weighted by molar-refractivity contribution is 6.30. The molecule has 1 aliphatic rings. The lowest BCUT2D eigenvalue weighted by Gasteiger charge is -2.33. The fraction of sp³-hybridized carbons (Fsp3) is 0.353. The van der Waals surface area contributed by atoms with E-state index in [0.717, 1.165) is 27.8 Å². The van der Waals surface area contributed by atoms with Crippen molar-refractivity contribution in [3.05, 3.63) is 99.7 Å². The SMILES string of the molecule is NC(=O)CCCCOc1cc(C(c2ccc(Cl)cc2)c2ccc(Cl)cc2)cc2c(NC3CCN(CC(F)(F)F)CC3)ccnc12. The lowest BCUT2D eigenvalue weighted by atomic mass is 9.84. The molecule has 2 heterocycles. The zero-order valence-electron chi connectivity index (χ0n) is 24.6. The van der Waals surface area contributed by atoms with Gasteiger partial charge in [-0.3, -0.25) is 14.7 Å². The van der Waals surface area contributed by atoms with Crippen LogP contribution in [0.15, 0.2) is 72.9 Å². The Morgan fingerprint density at radius 3 is 2.16 bits per heavy atom. The van der Waals surface area contributed by atoms with Crippen molar-refractivity contribution in [3.63, 3.8) is 0 Å². The van der Waals surface area contributed by atoms with Crippen LogP contribution in [-0.4, -0.2) is 54.3 Å². The molecule has 0 saturated carbocycles. The zero-order chi connectivity index (χ0) is 32.0. The Kier molecular flexibility index (Phi) is 10.7. The Morgan fingerprint density at radius 1 is 0.956 bits per heavy atom. The summed E-state index contributed by atoms with van der Waals surface area (Å²) >= 11 is 12.5. The van der Waals surface area contributed by atoms with Crippen molar-refractivity contribution in [1.82, 2.24) is 9.88 Å². The first-order valence-electron chi connectivity index (χ1n) is 15.0. The van der Waals surface area contributed by atoms with Crippen LogP contribution in [0.1, 0.15) is 54.7 Å². The number of alkyl halides is 3. The summed E-state index contributed by atoms with van der Waals surface area (Å²) < 4.78 is 45.1. The minimum Gasteiger partial charge on any atom is -0.491 e. The number of halogens is 5. The van der Waals surface area contributed by atoms with Crippen molar-refractivity contribution >= 4 is 45.7 Å². The molecular weight excluding hydrogens is 624 g/mol. The Balaban J connectivity index is 1.52. The van der Waals surface area contributed by atoms with E-state index >= 15 is 0 Å². The molecule has 238 valence electrons. The van der Waals surface area contributed by atoms with Crippen molar-refractivity contribution in [2.45, 2.75) is 50.2 Å². The van der Waals surface area contributed by atoms with Gasteiger partial charge in [0.25, 0.3) is 0 Å². The highest BCUT2D eigenvalue weighted by atomic mass is 35.5. The van der Waals surface area contributed by atoms with Gasteiger partial charge >= 0.3 is 6.18 Å². The number of piperidine rings is 1. The molecule has 0 aliphatic carbocycles. The zero-order valence-corrected chi connectivity index (χ0v) is 26.1. The second-order valence-electron chi connectivity index (χ2n) is 11.4. The van der Waals surface area contributed by atoms with E-state index in [1.165, 1.54) is 4.90 Å². The Hall–Kier alpha value is -3.53. The molecule has 0 unspecified atom stereocenters. The number of nitrogens with one attached hydrogen (secondary N) is 1. The van der Waals surface area contributed by atoms with Crippen LogP contribution in [0, 0.1) is 0 Å². The van der Waals surface area contributed by atoms with Crippen LogP contribution < -0.4 is 15.8 Å². The third-order valence-electron chi connectivity index (χ3n) is 8.00. The maximum Gasteiger partial charge on any atom is 0.401 e. The predicted octanol–water partition coefficient (Wildman–Crippen LogP) is 8.19. The summed E-state index contributed by atoms with van der Waals surface area (Å²) in [5, 5.41) is 5.69. The second kappa shape index (κ2) is 14.7. The van der Waals surface area contributed by atoms with Crippen LogP contribution in [0.5, 0.6) is 5.75 Å². The number of anilines is 1. The van der Waals surface area contributed by atoms with Gasteiger partial charge in [0.05, 0.1) is 13.2 Å². The number of amides is 1. The van der Waals surface area contributed by atoms with Gasteiger partial charge in [-0.05, 0) is 84.8 Å². The molecule has 0 bridgehead atoms. The molecule has 4 aromatic rings. The van der Waals surface area contributed by atoms with Gasteiger partial charge in [0.2, 0.25) is 5.91 Å². The van der Waals surface area contributed by atoms with Crippen molar-refractivity contribution < 1.29 is 22.7 Å². The number of benzene rings is 3. The largest absolute Gasteiger partial charge is 0.491 e. The minimum absolute atomic E-state index is 0.00485.